The number of amides is 3. The summed E-state index contributed by atoms with van der Waals surface area (Å²) >= 11 is 6.49. The average Bonchev–Trinajstić information content (AvgIpc) is 3.08. The number of hydrogen-bond acceptors (Lipinski definition) is 8. The van der Waals surface area contributed by atoms with E-state index < -0.39 is 21.3 Å². The quantitative estimate of drug-likeness (QED) is 0.420. The van der Waals surface area contributed by atoms with Gasteiger partial charge in [-0.2, -0.15) is 8.42 Å². The number of nitrogens with zero attached hydrogens (tertiary/aromatic N) is 2. The molecule has 2 fully saturated rings. The molecule has 0 atom stereocenters. The van der Waals surface area contributed by atoms with Gasteiger partial charge in [-0.05, 0) is 48.2 Å². The fourth-order valence-electron chi connectivity index (χ4n) is 3.27. The molecule has 34 heavy (non-hydrogen) atoms. The van der Waals surface area contributed by atoms with Crippen LogP contribution in [0.1, 0.15) is 5.56 Å². The third-order valence-electron chi connectivity index (χ3n) is 5.04. The van der Waals surface area contributed by atoms with Crippen molar-refractivity contribution >= 4 is 56.6 Å². The molecule has 2 aliphatic rings. The Bertz CT molecular complexity index is 1260. The highest BCUT2D eigenvalue weighted by Crippen LogP contribution is 2.34. The Kier molecular flexibility index (Phi) is 7.27. The zero-order valence-corrected chi connectivity index (χ0v) is 20.1. The molecule has 2 aromatic rings. The van der Waals surface area contributed by atoms with E-state index in [1.54, 1.807) is 23.1 Å². The molecule has 0 bridgehead atoms. The minimum Gasteiger partial charge on any atom is -0.378 e. The molecule has 0 spiro atoms. The molecular formula is C22H19ClN2O7S2. The van der Waals surface area contributed by atoms with Gasteiger partial charge in [-0.3, -0.25) is 19.3 Å². The van der Waals surface area contributed by atoms with Gasteiger partial charge in [0.25, 0.3) is 11.1 Å². The molecule has 0 aromatic heterocycles. The van der Waals surface area contributed by atoms with E-state index in [4.69, 9.17) is 20.5 Å². The maximum Gasteiger partial charge on any atom is 0.339 e. The fourth-order valence-corrected chi connectivity index (χ4v) is 5.18. The molecule has 0 aliphatic carbocycles. The first-order chi connectivity index (χ1) is 16.2. The smallest absolute Gasteiger partial charge is 0.339 e. The normalized spacial score (nSPS) is 18.0. The van der Waals surface area contributed by atoms with Crippen LogP contribution in [0.4, 0.5) is 4.79 Å². The molecule has 2 aromatic carbocycles. The van der Waals surface area contributed by atoms with Crippen LogP contribution in [0, 0.1) is 0 Å². The number of para-hydroxylation sites is 1. The number of thioether (sulfide) groups is 1. The van der Waals surface area contributed by atoms with E-state index in [2.05, 4.69) is 0 Å². The maximum absolute atomic E-state index is 12.8. The lowest BCUT2D eigenvalue weighted by Crippen LogP contribution is -2.46. The predicted octanol–water partition coefficient (Wildman–Crippen LogP) is 3.00. The SMILES string of the molecule is O=C(CN1C(=O)S/C(=C\c2ccccc2OS(=O)(=O)c2ccc(Cl)cc2)C1=O)N1CCOCC1. The summed E-state index contributed by atoms with van der Waals surface area (Å²) in [6.45, 7) is 1.24. The lowest BCUT2D eigenvalue weighted by atomic mass is 10.2. The van der Waals surface area contributed by atoms with Crippen LogP contribution in [0.3, 0.4) is 0 Å². The lowest BCUT2D eigenvalue weighted by Gasteiger charge is -2.28. The number of carbonyl (C=O) groups is 3. The number of halogens is 1. The summed E-state index contributed by atoms with van der Waals surface area (Å²) in [6, 6.07) is 11.7. The first-order valence-electron chi connectivity index (χ1n) is 10.1. The summed E-state index contributed by atoms with van der Waals surface area (Å²) in [6.07, 6.45) is 1.37. The van der Waals surface area contributed by atoms with E-state index in [0.29, 0.717) is 43.1 Å². The maximum atomic E-state index is 12.8. The van der Waals surface area contributed by atoms with E-state index in [-0.39, 0.29) is 33.6 Å². The molecule has 178 valence electrons. The van der Waals surface area contributed by atoms with Crippen molar-refractivity contribution in [3.63, 3.8) is 0 Å². The highest BCUT2D eigenvalue weighted by atomic mass is 35.5. The van der Waals surface area contributed by atoms with Crippen LogP contribution in [-0.2, 0) is 24.4 Å². The Morgan fingerprint density at radius 2 is 1.76 bits per heavy atom. The Balaban J connectivity index is 1.53. The van der Waals surface area contributed by atoms with Gasteiger partial charge in [-0.25, -0.2) is 0 Å². The van der Waals surface area contributed by atoms with Crippen molar-refractivity contribution in [2.45, 2.75) is 4.90 Å². The molecule has 2 heterocycles. The summed E-state index contributed by atoms with van der Waals surface area (Å²) in [5.41, 5.74) is 0.282. The topological polar surface area (TPSA) is 110 Å². The van der Waals surface area contributed by atoms with Gasteiger partial charge in [0.05, 0.1) is 18.1 Å². The van der Waals surface area contributed by atoms with Crippen molar-refractivity contribution in [2.24, 2.45) is 0 Å². The molecule has 4 rings (SSSR count). The number of hydrogen-bond donors (Lipinski definition) is 0. The summed E-state index contributed by atoms with van der Waals surface area (Å²) in [7, 11) is -4.17. The zero-order chi connectivity index (χ0) is 24.3. The molecule has 3 amide bonds. The molecule has 2 aliphatic heterocycles. The third-order valence-corrected chi connectivity index (χ3v) is 7.45. The Morgan fingerprint density at radius 1 is 1.09 bits per heavy atom. The Hall–Kier alpha value is -2.86. The van der Waals surface area contributed by atoms with Crippen LogP contribution < -0.4 is 4.18 Å². The van der Waals surface area contributed by atoms with Crippen LogP contribution in [0.25, 0.3) is 6.08 Å². The Morgan fingerprint density at radius 3 is 2.47 bits per heavy atom. The lowest BCUT2D eigenvalue weighted by molar-refractivity contribution is -0.139. The number of ether oxygens (including phenoxy) is 1. The number of imide groups is 1. The summed E-state index contributed by atoms with van der Waals surface area (Å²) < 4.78 is 35.8. The summed E-state index contributed by atoms with van der Waals surface area (Å²) in [5, 5.41) is -0.202. The van der Waals surface area contributed by atoms with E-state index in [1.165, 1.54) is 36.4 Å². The van der Waals surface area contributed by atoms with Crippen molar-refractivity contribution in [3.8, 4) is 5.75 Å². The van der Waals surface area contributed by atoms with Gasteiger partial charge in [0.1, 0.15) is 17.2 Å². The minimum atomic E-state index is -4.17. The molecule has 0 saturated carbocycles. The number of carbonyl (C=O) groups excluding carboxylic acids is 3. The first kappa shape index (κ1) is 24.3. The second kappa shape index (κ2) is 10.2. The fraction of sp³-hybridized carbons (Fsp3) is 0.227. The second-order valence-corrected chi connectivity index (χ2v) is 10.3. The molecule has 0 radical (unpaired) electrons. The predicted molar refractivity (Wildman–Crippen MR) is 126 cm³/mol. The van der Waals surface area contributed by atoms with Crippen LogP contribution in [0.15, 0.2) is 58.3 Å². The van der Waals surface area contributed by atoms with Gasteiger partial charge >= 0.3 is 10.1 Å². The largest absolute Gasteiger partial charge is 0.378 e. The molecule has 0 unspecified atom stereocenters. The standard InChI is InChI=1S/C22H19ClN2O7S2/c23-16-5-7-17(8-6-16)34(29,30)32-18-4-2-1-3-15(18)13-19-21(27)25(22(28)33-19)14-20(26)24-9-11-31-12-10-24/h1-8,13H,9-12,14H2/b19-13-. The second-order valence-electron chi connectivity index (χ2n) is 7.29. The third kappa shape index (κ3) is 5.44. The van der Waals surface area contributed by atoms with E-state index in [0.717, 1.165) is 4.90 Å². The minimum absolute atomic E-state index is 0.0198. The Labute approximate surface area is 205 Å². The molecule has 2 saturated heterocycles. The number of benzene rings is 2. The van der Waals surface area contributed by atoms with E-state index in [9.17, 15) is 22.8 Å². The number of morpholine rings is 1. The zero-order valence-electron chi connectivity index (χ0n) is 17.7. The first-order valence-corrected chi connectivity index (χ1v) is 12.7. The summed E-state index contributed by atoms with van der Waals surface area (Å²) in [5.74, 6) is -0.995. The highest BCUT2D eigenvalue weighted by Gasteiger charge is 2.37. The van der Waals surface area contributed by atoms with Crippen molar-refractivity contribution < 1.29 is 31.7 Å². The highest BCUT2D eigenvalue weighted by molar-refractivity contribution is 8.18. The van der Waals surface area contributed by atoms with Gasteiger partial charge in [0, 0.05) is 23.7 Å². The van der Waals surface area contributed by atoms with Crippen LogP contribution in [0.5, 0.6) is 5.75 Å². The van der Waals surface area contributed by atoms with E-state index in [1.807, 2.05) is 0 Å². The van der Waals surface area contributed by atoms with Crippen LogP contribution in [-0.4, -0.2) is 68.1 Å². The summed E-state index contributed by atoms with van der Waals surface area (Å²) in [4.78, 5) is 40.1. The van der Waals surface area contributed by atoms with Crippen molar-refractivity contribution in [1.29, 1.82) is 0 Å². The van der Waals surface area contributed by atoms with Crippen LogP contribution >= 0.6 is 23.4 Å². The van der Waals surface area contributed by atoms with Crippen molar-refractivity contribution in [2.75, 3.05) is 32.8 Å². The number of rotatable bonds is 6. The average molecular weight is 523 g/mol. The van der Waals surface area contributed by atoms with Gasteiger partial charge in [0.2, 0.25) is 5.91 Å². The molecule has 12 heteroatoms. The monoisotopic (exact) mass is 522 g/mol. The van der Waals surface area contributed by atoms with E-state index >= 15 is 0 Å². The van der Waals surface area contributed by atoms with Crippen LogP contribution in [0.2, 0.25) is 5.02 Å². The molecule has 0 N–H and O–H groups in total. The van der Waals surface area contributed by atoms with Gasteiger partial charge < -0.3 is 13.8 Å². The van der Waals surface area contributed by atoms with Crippen molar-refractivity contribution in [1.82, 2.24) is 9.80 Å². The van der Waals surface area contributed by atoms with Crippen molar-refractivity contribution in [3.05, 3.63) is 64.0 Å². The van der Waals surface area contributed by atoms with Gasteiger partial charge in [0.15, 0.2) is 0 Å². The molecular weight excluding hydrogens is 504 g/mol. The van der Waals surface area contributed by atoms with Gasteiger partial charge in [-0.1, -0.05) is 29.8 Å². The van der Waals surface area contributed by atoms with Gasteiger partial charge in [-0.15, -0.1) is 0 Å². The molecule has 9 nitrogen and oxygen atoms in total.